The van der Waals surface area contributed by atoms with Crippen molar-refractivity contribution in [3.63, 3.8) is 0 Å². The van der Waals surface area contributed by atoms with E-state index in [1.54, 1.807) is 40.1 Å². The van der Waals surface area contributed by atoms with E-state index in [2.05, 4.69) is 26.1 Å². The second-order valence-electron chi connectivity index (χ2n) is 6.77. The van der Waals surface area contributed by atoms with Crippen LogP contribution in [0.5, 0.6) is 0 Å². The Hall–Kier alpha value is -2.64. The number of hydrogen-bond donors (Lipinski definition) is 1. The van der Waals surface area contributed by atoms with Gasteiger partial charge in [0.2, 0.25) is 0 Å². The second kappa shape index (κ2) is 8.39. The van der Waals surface area contributed by atoms with Crippen molar-refractivity contribution in [2.45, 2.75) is 0 Å². The van der Waals surface area contributed by atoms with Crippen LogP contribution in [0.15, 0.2) is 59.1 Å². The number of nitrogens with zero attached hydrogens (tertiary/aromatic N) is 3. The summed E-state index contributed by atoms with van der Waals surface area (Å²) in [6.45, 7) is 1.93. The van der Waals surface area contributed by atoms with Gasteiger partial charge in [0.15, 0.2) is 0 Å². The first-order chi connectivity index (χ1) is 14.0. The summed E-state index contributed by atoms with van der Waals surface area (Å²) in [7, 11) is 0. The molecule has 1 N–H and O–H groups in total. The van der Waals surface area contributed by atoms with Crippen LogP contribution in [0.4, 0.5) is 0 Å². The van der Waals surface area contributed by atoms with Gasteiger partial charge in [0.1, 0.15) is 5.69 Å². The second-order valence-corrected chi connectivity index (χ2v) is 8.12. The zero-order valence-electron chi connectivity index (χ0n) is 15.4. The van der Waals surface area contributed by atoms with E-state index in [1.807, 2.05) is 24.3 Å². The zero-order chi connectivity index (χ0) is 20.4. The molecule has 0 unspecified atom stereocenters. The molecule has 1 saturated heterocycles. The van der Waals surface area contributed by atoms with Gasteiger partial charge in [-0.2, -0.15) is 5.10 Å². The van der Waals surface area contributed by atoms with Crippen LogP contribution in [0.2, 0.25) is 5.02 Å². The lowest BCUT2D eigenvalue weighted by Gasteiger charge is -2.34. The largest absolute Gasteiger partial charge is 0.335 e. The Morgan fingerprint density at radius 3 is 2.10 bits per heavy atom. The maximum Gasteiger partial charge on any atom is 0.272 e. The molecule has 4 rings (SSSR count). The molecule has 0 aliphatic carbocycles. The van der Waals surface area contributed by atoms with Gasteiger partial charge in [-0.15, -0.1) is 0 Å². The first-order valence-electron chi connectivity index (χ1n) is 9.17. The van der Waals surface area contributed by atoms with Crippen LogP contribution in [0.25, 0.3) is 11.3 Å². The number of aromatic amines is 1. The van der Waals surface area contributed by atoms with Gasteiger partial charge in [0.25, 0.3) is 11.8 Å². The van der Waals surface area contributed by atoms with E-state index in [1.165, 1.54) is 0 Å². The van der Waals surface area contributed by atoms with Gasteiger partial charge in [-0.25, -0.2) is 0 Å². The maximum atomic E-state index is 12.8. The molecule has 3 aromatic rings. The molecule has 0 bridgehead atoms. The highest BCUT2D eigenvalue weighted by atomic mass is 79.9. The third-order valence-corrected chi connectivity index (χ3v) is 5.67. The molecule has 2 heterocycles. The number of nitrogens with one attached hydrogen (secondary N) is 1. The summed E-state index contributed by atoms with van der Waals surface area (Å²) in [5, 5.41) is 7.69. The lowest BCUT2D eigenvalue weighted by Crippen LogP contribution is -2.50. The molecule has 0 atom stereocenters. The van der Waals surface area contributed by atoms with Crippen LogP contribution in [0, 0.1) is 0 Å². The summed E-state index contributed by atoms with van der Waals surface area (Å²) in [6.07, 6.45) is 0. The minimum absolute atomic E-state index is 0.0483. The Balaban J connectivity index is 1.38. The molecule has 0 radical (unpaired) electrons. The van der Waals surface area contributed by atoms with E-state index in [0.717, 1.165) is 15.7 Å². The van der Waals surface area contributed by atoms with Crippen molar-refractivity contribution in [2.75, 3.05) is 26.2 Å². The molecule has 8 heteroatoms. The molecule has 1 aliphatic heterocycles. The van der Waals surface area contributed by atoms with Crippen LogP contribution < -0.4 is 0 Å². The summed E-state index contributed by atoms with van der Waals surface area (Å²) in [6, 6.07) is 16.4. The van der Waals surface area contributed by atoms with Crippen molar-refractivity contribution < 1.29 is 9.59 Å². The monoisotopic (exact) mass is 472 g/mol. The first-order valence-corrected chi connectivity index (χ1v) is 10.3. The van der Waals surface area contributed by atoms with Gasteiger partial charge in [-0.05, 0) is 42.5 Å². The predicted octanol–water partition coefficient (Wildman–Crippen LogP) is 4.09. The van der Waals surface area contributed by atoms with Gasteiger partial charge >= 0.3 is 0 Å². The highest BCUT2D eigenvalue weighted by Crippen LogP contribution is 2.21. The molecule has 148 valence electrons. The quantitative estimate of drug-likeness (QED) is 0.623. The van der Waals surface area contributed by atoms with Gasteiger partial charge in [0.05, 0.1) is 5.69 Å². The van der Waals surface area contributed by atoms with Crippen molar-refractivity contribution >= 4 is 39.3 Å². The van der Waals surface area contributed by atoms with Crippen molar-refractivity contribution in [2.24, 2.45) is 0 Å². The summed E-state index contributed by atoms with van der Waals surface area (Å²) < 4.78 is 0.985. The van der Waals surface area contributed by atoms with E-state index in [0.29, 0.717) is 42.5 Å². The molecule has 1 aliphatic rings. The fraction of sp³-hybridized carbons (Fsp3) is 0.190. The smallest absolute Gasteiger partial charge is 0.272 e. The lowest BCUT2D eigenvalue weighted by molar-refractivity contribution is 0.0532. The van der Waals surface area contributed by atoms with Crippen molar-refractivity contribution in [1.82, 2.24) is 20.0 Å². The van der Waals surface area contributed by atoms with Crippen molar-refractivity contribution in [3.05, 3.63) is 75.4 Å². The van der Waals surface area contributed by atoms with Gasteiger partial charge in [-0.3, -0.25) is 14.7 Å². The van der Waals surface area contributed by atoms with Crippen LogP contribution in [-0.2, 0) is 0 Å². The SMILES string of the molecule is O=C(c1ccc(Cl)cc1)N1CCN(C(=O)c2cc(-c3ccc(Br)cc3)n[nH]2)CC1. The molecule has 2 aromatic carbocycles. The molecule has 0 spiro atoms. The number of benzene rings is 2. The van der Waals surface area contributed by atoms with E-state index >= 15 is 0 Å². The number of amides is 2. The first kappa shape index (κ1) is 19.7. The van der Waals surface area contributed by atoms with Gasteiger partial charge in [0, 0.05) is 46.8 Å². The average molecular weight is 474 g/mol. The van der Waals surface area contributed by atoms with E-state index in [4.69, 9.17) is 11.6 Å². The summed E-state index contributed by atoms with van der Waals surface area (Å²) >= 11 is 9.29. The summed E-state index contributed by atoms with van der Waals surface area (Å²) in [5.74, 6) is -0.160. The number of halogens is 2. The Labute approximate surface area is 181 Å². The van der Waals surface area contributed by atoms with Crippen LogP contribution in [-0.4, -0.2) is 58.0 Å². The highest BCUT2D eigenvalue weighted by Gasteiger charge is 2.26. The number of rotatable bonds is 3. The number of carbonyl (C=O) groups excluding carboxylic acids is 2. The lowest BCUT2D eigenvalue weighted by atomic mass is 10.1. The number of piperazine rings is 1. The summed E-state index contributed by atoms with van der Waals surface area (Å²) in [5.41, 5.74) is 2.70. The van der Waals surface area contributed by atoms with E-state index in [-0.39, 0.29) is 11.8 Å². The van der Waals surface area contributed by atoms with Crippen LogP contribution in [0.1, 0.15) is 20.8 Å². The minimum atomic E-state index is -0.112. The Morgan fingerprint density at radius 1 is 0.897 bits per heavy atom. The Bertz CT molecular complexity index is 1030. The third-order valence-electron chi connectivity index (χ3n) is 4.89. The van der Waals surface area contributed by atoms with E-state index in [9.17, 15) is 9.59 Å². The number of H-pyrrole nitrogens is 1. The molecule has 1 aromatic heterocycles. The van der Waals surface area contributed by atoms with Crippen LogP contribution >= 0.6 is 27.5 Å². The molecule has 29 heavy (non-hydrogen) atoms. The highest BCUT2D eigenvalue weighted by molar-refractivity contribution is 9.10. The van der Waals surface area contributed by atoms with E-state index < -0.39 is 0 Å². The zero-order valence-corrected chi connectivity index (χ0v) is 17.8. The molecule has 2 amide bonds. The van der Waals surface area contributed by atoms with Crippen molar-refractivity contribution in [1.29, 1.82) is 0 Å². The van der Waals surface area contributed by atoms with Gasteiger partial charge in [-0.1, -0.05) is 39.7 Å². The molecule has 1 fully saturated rings. The van der Waals surface area contributed by atoms with Gasteiger partial charge < -0.3 is 9.80 Å². The Morgan fingerprint density at radius 2 is 1.48 bits per heavy atom. The maximum absolute atomic E-state index is 12.8. The average Bonchev–Trinajstić information content (AvgIpc) is 3.24. The molecule has 6 nitrogen and oxygen atoms in total. The van der Waals surface area contributed by atoms with Crippen LogP contribution in [0.3, 0.4) is 0 Å². The minimum Gasteiger partial charge on any atom is -0.335 e. The van der Waals surface area contributed by atoms with Crippen molar-refractivity contribution in [3.8, 4) is 11.3 Å². The standard InChI is InChI=1S/C21H18BrClN4O2/c22-16-5-1-14(2-6-16)18-13-19(25-24-18)21(29)27-11-9-26(10-12-27)20(28)15-3-7-17(23)8-4-15/h1-8,13H,9-12H2,(H,24,25). The summed E-state index contributed by atoms with van der Waals surface area (Å²) in [4.78, 5) is 28.9. The predicted molar refractivity (Wildman–Crippen MR) is 115 cm³/mol. The fourth-order valence-corrected chi connectivity index (χ4v) is 3.65. The Kier molecular flexibility index (Phi) is 5.69. The molecular weight excluding hydrogens is 456 g/mol. The number of hydrogen-bond acceptors (Lipinski definition) is 3. The number of aromatic nitrogens is 2. The molecular formula is C21H18BrClN4O2. The molecule has 0 saturated carbocycles. The fourth-order valence-electron chi connectivity index (χ4n) is 3.26. The normalized spacial score (nSPS) is 14.1. The number of carbonyl (C=O) groups is 2. The third kappa shape index (κ3) is 4.36. The topological polar surface area (TPSA) is 69.3 Å².